The smallest absolute Gasteiger partial charge is 0.302 e. The van der Waals surface area contributed by atoms with Crippen molar-refractivity contribution >= 4 is 42.6 Å². The molecule has 0 aliphatic heterocycles. The van der Waals surface area contributed by atoms with Gasteiger partial charge in [0.05, 0.1) is 0 Å². The van der Waals surface area contributed by atoms with E-state index in [0.717, 1.165) is 12.5 Å². The third-order valence-electron chi connectivity index (χ3n) is 1.23. The highest BCUT2D eigenvalue weighted by Crippen LogP contribution is 2.15. The highest BCUT2D eigenvalue weighted by molar-refractivity contribution is 9.49. The van der Waals surface area contributed by atoms with Crippen LogP contribution < -0.4 is 0 Å². The molecule has 0 fully saturated rings. The molecule has 0 aliphatic carbocycles. The molecule has 0 radical (unpaired) electrons. The Labute approximate surface area is 84.5 Å². The van der Waals surface area contributed by atoms with Crippen molar-refractivity contribution in [1.82, 2.24) is 0 Å². The van der Waals surface area contributed by atoms with E-state index >= 15 is 0 Å². The van der Waals surface area contributed by atoms with Crippen LogP contribution in [-0.4, -0.2) is 18.1 Å². The maximum atomic E-state index is 10.6. The highest BCUT2D eigenvalue weighted by Gasteiger charge is 2.13. The summed E-state index contributed by atoms with van der Waals surface area (Å²) in [5, 5.41) is 0. The van der Waals surface area contributed by atoms with Crippen molar-refractivity contribution in [3.63, 3.8) is 0 Å². The molecule has 0 spiro atoms. The average Bonchev–Trinajstić information content (AvgIpc) is 1.84. The number of ether oxygens (including phenoxy) is 1. The summed E-state index contributed by atoms with van der Waals surface area (Å²) in [5.41, 5.74) is 0. The molecule has 5 heteroatoms. The van der Waals surface area contributed by atoms with Gasteiger partial charge < -0.3 is 4.74 Å². The Balaban J connectivity index is 3.66. The topological polar surface area (TPSA) is 26.3 Å². The number of halogens is 2. The minimum atomic E-state index is -0.957. The first kappa shape index (κ1) is 11.6. The molecule has 0 rings (SSSR count). The molecule has 66 valence electrons. The molecule has 0 saturated carbocycles. The van der Waals surface area contributed by atoms with Gasteiger partial charge >= 0.3 is 5.97 Å². The summed E-state index contributed by atoms with van der Waals surface area (Å²) in [6, 6.07) is -0.0166. The number of carbonyl (C=O) groups is 1. The van der Waals surface area contributed by atoms with Crippen LogP contribution in [0.1, 0.15) is 20.3 Å². The van der Waals surface area contributed by atoms with E-state index in [4.69, 9.17) is 4.74 Å². The molecule has 0 aromatic carbocycles. The van der Waals surface area contributed by atoms with Gasteiger partial charge in [0.25, 0.3) is 0 Å². The summed E-state index contributed by atoms with van der Waals surface area (Å²) < 4.78 is 5.05. The van der Waals surface area contributed by atoms with Crippen molar-refractivity contribution in [2.24, 2.45) is 0 Å². The van der Waals surface area contributed by atoms with E-state index in [9.17, 15) is 4.79 Å². The van der Waals surface area contributed by atoms with Crippen LogP contribution >= 0.6 is 30.6 Å². The number of hydrogen-bond acceptors (Lipinski definition) is 2. The predicted molar refractivity (Wildman–Crippen MR) is 55.7 cm³/mol. The lowest BCUT2D eigenvalue weighted by Crippen LogP contribution is -2.17. The monoisotopic (exact) mass is 302 g/mol. The van der Waals surface area contributed by atoms with Crippen molar-refractivity contribution in [3.05, 3.63) is 0 Å². The van der Waals surface area contributed by atoms with Gasteiger partial charge in [0, 0.05) is 6.92 Å². The first-order valence-corrected chi connectivity index (χ1v) is 10.7. The molecular formula is C6H12Br2O2Si. The van der Waals surface area contributed by atoms with E-state index in [1.807, 2.05) is 6.92 Å². The molecule has 0 N–H and O–H groups in total. The van der Waals surface area contributed by atoms with Crippen LogP contribution in [0.25, 0.3) is 0 Å². The molecule has 2 nitrogen and oxygen atoms in total. The van der Waals surface area contributed by atoms with Crippen molar-refractivity contribution in [2.45, 2.75) is 32.4 Å². The van der Waals surface area contributed by atoms with E-state index < -0.39 is 6.04 Å². The molecule has 0 bridgehead atoms. The first-order valence-electron chi connectivity index (χ1n) is 3.51. The van der Waals surface area contributed by atoms with Gasteiger partial charge in [-0.25, -0.2) is 0 Å². The lowest BCUT2D eigenvalue weighted by atomic mass is 10.3. The molecule has 0 aromatic rings. The Morgan fingerprint density at radius 2 is 2.18 bits per heavy atom. The second kappa shape index (κ2) is 6.19. The fourth-order valence-corrected chi connectivity index (χ4v) is 4.06. The van der Waals surface area contributed by atoms with Crippen LogP contribution in [0.4, 0.5) is 0 Å². The Morgan fingerprint density at radius 3 is 2.45 bits per heavy atom. The van der Waals surface area contributed by atoms with Crippen LogP contribution in [-0.2, 0) is 9.53 Å². The van der Waals surface area contributed by atoms with Crippen LogP contribution in [0.15, 0.2) is 0 Å². The van der Waals surface area contributed by atoms with Crippen molar-refractivity contribution in [3.8, 4) is 0 Å². The third kappa shape index (κ3) is 7.02. The van der Waals surface area contributed by atoms with Gasteiger partial charge in [0.2, 0.25) is 0 Å². The summed E-state index contributed by atoms with van der Waals surface area (Å²) in [5.74, 6) is -0.188. The molecule has 0 heterocycles. The fourth-order valence-electron chi connectivity index (χ4n) is 0.732. The van der Waals surface area contributed by atoms with Gasteiger partial charge in [0.1, 0.15) is 6.10 Å². The minimum Gasteiger partial charge on any atom is -0.463 e. The number of esters is 1. The van der Waals surface area contributed by atoms with Crippen LogP contribution in [0, 0.1) is 0 Å². The third-order valence-corrected chi connectivity index (χ3v) is 4.35. The molecular weight excluding hydrogens is 292 g/mol. The standard InChI is InChI=1S/C6H12Br2O2Si/c1-3-6(4-11(7)8)10-5(2)9/h6,11H,3-4H2,1-2H3. The number of hydrogen-bond donors (Lipinski definition) is 0. The minimum absolute atomic E-state index is 0.0860. The second-order valence-electron chi connectivity index (χ2n) is 2.27. The van der Waals surface area contributed by atoms with Gasteiger partial charge in [-0.15, -0.1) is 30.6 Å². The summed E-state index contributed by atoms with van der Waals surface area (Å²) >= 11 is 6.94. The molecule has 11 heavy (non-hydrogen) atoms. The van der Waals surface area contributed by atoms with Gasteiger partial charge in [-0.3, -0.25) is 4.79 Å². The van der Waals surface area contributed by atoms with Crippen molar-refractivity contribution in [2.75, 3.05) is 0 Å². The quantitative estimate of drug-likeness (QED) is 0.453. The Hall–Kier alpha value is 0.647. The van der Waals surface area contributed by atoms with Gasteiger partial charge in [-0.1, -0.05) is 6.92 Å². The summed E-state index contributed by atoms with van der Waals surface area (Å²) in [6.45, 7) is 3.46. The number of carbonyl (C=O) groups excluding carboxylic acids is 1. The van der Waals surface area contributed by atoms with Crippen molar-refractivity contribution < 1.29 is 9.53 Å². The second-order valence-corrected chi connectivity index (χ2v) is 13.8. The maximum Gasteiger partial charge on any atom is 0.302 e. The predicted octanol–water partition coefficient (Wildman–Crippen LogP) is 2.34. The lowest BCUT2D eigenvalue weighted by molar-refractivity contribution is -0.145. The maximum absolute atomic E-state index is 10.6. The lowest BCUT2D eigenvalue weighted by Gasteiger charge is -2.14. The Bertz CT molecular complexity index is 130. The molecule has 1 unspecified atom stereocenters. The molecule has 0 aliphatic rings. The van der Waals surface area contributed by atoms with Gasteiger partial charge in [-0.2, -0.15) is 0 Å². The van der Waals surface area contributed by atoms with Crippen molar-refractivity contribution in [1.29, 1.82) is 0 Å². The molecule has 0 aromatic heterocycles. The van der Waals surface area contributed by atoms with E-state index in [-0.39, 0.29) is 12.1 Å². The van der Waals surface area contributed by atoms with E-state index in [1.54, 1.807) is 0 Å². The zero-order valence-electron chi connectivity index (χ0n) is 6.64. The van der Waals surface area contributed by atoms with Crippen LogP contribution in [0.5, 0.6) is 0 Å². The Morgan fingerprint density at radius 1 is 1.64 bits per heavy atom. The van der Waals surface area contributed by atoms with Gasteiger partial charge in [0.15, 0.2) is 6.04 Å². The largest absolute Gasteiger partial charge is 0.463 e. The van der Waals surface area contributed by atoms with Gasteiger partial charge in [-0.05, 0) is 12.5 Å². The van der Waals surface area contributed by atoms with E-state index in [1.165, 1.54) is 6.92 Å². The van der Waals surface area contributed by atoms with E-state index in [0.29, 0.717) is 0 Å². The summed E-state index contributed by atoms with van der Waals surface area (Å²) in [6.07, 6.45) is 0.975. The fraction of sp³-hybridized carbons (Fsp3) is 0.833. The van der Waals surface area contributed by atoms with E-state index in [2.05, 4.69) is 30.6 Å². The summed E-state index contributed by atoms with van der Waals surface area (Å²) in [4.78, 5) is 10.6. The first-order chi connectivity index (χ1) is 5.06. The normalized spacial score (nSPS) is 13.2. The zero-order valence-corrected chi connectivity index (χ0v) is 11.0. The zero-order chi connectivity index (χ0) is 8.85. The summed E-state index contributed by atoms with van der Waals surface area (Å²) in [7, 11) is 0. The molecule has 1 atom stereocenters. The average molecular weight is 304 g/mol. The highest BCUT2D eigenvalue weighted by atomic mass is 79.9. The van der Waals surface area contributed by atoms with Crippen LogP contribution in [0.2, 0.25) is 6.04 Å². The molecule has 0 amide bonds. The number of rotatable bonds is 4. The Kier molecular flexibility index (Phi) is 6.56. The van der Waals surface area contributed by atoms with Crippen LogP contribution in [0.3, 0.4) is 0 Å². The SMILES string of the molecule is CCC(C[SiH](Br)Br)OC(C)=O. The molecule has 0 saturated heterocycles.